The molecule has 0 radical (unpaired) electrons. The highest BCUT2D eigenvalue weighted by molar-refractivity contribution is 5.95. The number of ketones is 1. The topological polar surface area (TPSA) is 110 Å². The number of ether oxygens (including phenoxy) is 4. The quantitative estimate of drug-likeness (QED) is 0.0954. The van der Waals surface area contributed by atoms with E-state index in [0.717, 1.165) is 52.3 Å². The zero-order chi connectivity index (χ0) is 39.3. The van der Waals surface area contributed by atoms with Gasteiger partial charge in [0.15, 0.2) is 0 Å². The molecule has 0 N–H and O–H groups in total. The van der Waals surface area contributed by atoms with Crippen molar-refractivity contribution in [3.8, 4) is 6.07 Å². The first-order valence-corrected chi connectivity index (χ1v) is 19.2. The zero-order valence-electron chi connectivity index (χ0n) is 33.8. The van der Waals surface area contributed by atoms with Crippen LogP contribution >= 0.6 is 0 Å². The number of rotatable bonds is 10. The molecule has 0 amide bonds. The molecule has 0 aromatic rings. The van der Waals surface area contributed by atoms with Crippen LogP contribution in [0.3, 0.4) is 0 Å². The molecule has 3 aliphatic heterocycles. The molecule has 8 rings (SSSR count). The van der Waals surface area contributed by atoms with Crippen molar-refractivity contribution in [1.29, 1.82) is 5.26 Å². The Morgan fingerprint density at radius 2 is 1.80 bits per heavy atom. The van der Waals surface area contributed by atoms with Crippen LogP contribution in [-0.2, 0) is 28.5 Å². The van der Waals surface area contributed by atoms with Crippen molar-refractivity contribution >= 4 is 18.5 Å². The molecule has 286 valence electrons. The summed E-state index contributed by atoms with van der Waals surface area (Å²) in [6, 6.07) is 2.52. The van der Waals surface area contributed by atoms with Gasteiger partial charge >= 0.3 is 5.97 Å². The summed E-state index contributed by atoms with van der Waals surface area (Å²) in [7, 11) is 5.04. The Bertz CT molecular complexity index is 2040. The highest BCUT2D eigenvalue weighted by Gasteiger charge is 2.91. The molecule has 8 aliphatic rings. The Balaban J connectivity index is 1.53. The van der Waals surface area contributed by atoms with Crippen LogP contribution in [0.1, 0.15) is 87.5 Å². The Morgan fingerprint density at radius 3 is 2.39 bits per heavy atom. The third-order valence-electron chi connectivity index (χ3n) is 13.8. The Morgan fingerprint density at radius 1 is 1.09 bits per heavy atom. The molecule has 0 aromatic carbocycles. The lowest BCUT2D eigenvalue weighted by Gasteiger charge is -2.75. The van der Waals surface area contributed by atoms with Gasteiger partial charge in [-0.15, -0.1) is 0 Å². The molecule has 54 heavy (non-hydrogen) atoms. The van der Waals surface area contributed by atoms with Gasteiger partial charge in [-0.2, -0.15) is 5.26 Å². The van der Waals surface area contributed by atoms with Crippen LogP contribution in [0.25, 0.3) is 0 Å². The standard InChI is InChI=1S/C45H55N3O6/c1-24(2)14-13-19-43(8)20-18-28-36(53-43)27(16-15-25(3)4)38-33(37(28)51-11)35-34-32(30(23-46)40(47-9)48(35)10)29-22-31(49)44(21-17-26(5)41(50)52-12)42(6,7)39(29)45(34,44)54-38/h14-15,17-18,20,29,32-33,37,39H,9,13,16,19,21-22H2,1-8,10-12H3. The number of allylic oxidation sites excluding steroid dienone is 7. The van der Waals surface area contributed by atoms with Crippen LogP contribution in [0.15, 0.2) is 97.4 Å². The summed E-state index contributed by atoms with van der Waals surface area (Å²) < 4.78 is 26.5. The molecular formula is C45H55N3O6. The summed E-state index contributed by atoms with van der Waals surface area (Å²) in [6.07, 6.45) is 13.0. The predicted octanol–water partition coefficient (Wildman–Crippen LogP) is 8.36. The maximum Gasteiger partial charge on any atom is 0.333 e. The van der Waals surface area contributed by atoms with Gasteiger partial charge in [-0.3, -0.25) is 4.79 Å². The number of aliphatic imine (C=N–C) groups is 1. The summed E-state index contributed by atoms with van der Waals surface area (Å²) in [5, 5.41) is 10.8. The average Bonchev–Trinajstić information content (AvgIpc) is 3.34. The van der Waals surface area contributed by atoms with Gasteiger partial charge in [0.05, 0.1) is 30.1 Å². The van der Waals surface area contributed by atoms with Crippen LogP contribution in [0, 0.1) is 45.8 Å². The van der Waals surface area contributed by atoms with E-state index in [4.69, 9.17) is 18.9 Å². The predicted molar refractivity (Wildman–Crippen MR) is 207 cm³/mol. The molecule has 1 spiro atoms. The molecular weight excluding hydrogens is 679 g/mol. The molecule has 9 nitrogen and oxygen atoms in total. The molecule has 0 saturated heterocycles. The van der Waals surface area contributed by atoms with E-state index in [-0.39, 0.29) is 23.5 Å². The first-order chi connectivity index (χ1) is 25.5. The fourth-order valence-corrected chi connectivity index (χ4v) is 11.7. The molecule has 4 fully saturated rings. The number of hydrogen-bond donors (Lipinski definition) is 0. The minimum Gasteiger partial charge on any atom is -0.484 e. The molecule has 5 aliphatic carbocycles. The van der Waals surface area contributed by atoms with Crippen molar-refractivity contribution in [3.63, 3.8) is 0 Å². The lowest BCUT2D eigenvalue weighted by atomic mass is 9.30. The molecule has 4 saturated carbocycles. The number of Topliss-reactive ketones (excluding diaryl/α,β-unsaturated/α-hetero) is 1. The molecule has 8 unspecified atom stereocenters. The number of esters is 1. The number of fused-ring (bicyclic) bond motifs is 3. The van der Waals surface area contributed by atoms with Crippen LogP contribution in [0.2, 0.25) is 0 Å². The zero-order valence-corrected chi connectivity index (χ0v) is 33.8. The molecule has 8 atom stereocenters. The van der Waals surface area contributed by atoms with E-state index in [9.17, 15) is 10.1 Å². The normalized spacial score (nSPS) is 35.2. The van der Waals surface area contributed by atoms with Crippen LogP contribution in [-0.4, -0.2) is 61.9 Å². The number of nitrogens with zero attached hydrogens (tertiary/aromatic N) is 3. The molecule has 3 heterocycles. The highest BCUT2D eigenvalue weighted by atomic mass is 16.5. The second-order valence-corrected chi connectivity index (χ2v) is 17.5. The summed E-state index contributed by atoms with van der Waals surface area (Å²) in [5.74, 6) is 0.605. The Kier molecular flexibility index (Phi) is 9.00. The third-order valence-corrected chi connectivity index (χ3v) is 13.8. The maximum absolute atomic E-state index is 15.1. The van der Waals surface area contributed by atoms with Gasteiger partial charge < -0.3 is 23.8 Å². The van der Waals surface area contributed by atoms with Gasteiger partial charge in [0.25, 0.3) is 0 Å². The lowest BCUT2D eigenvalue weighted by Crippen LogP contribution is -2.81. The fourth-order valence-electron chi connectivity index (χ4n) is 11.7. The summed E-state index contributed by atoms with van der Waals surface area (Å²) in [6.45, 7) is 20.5. The van der Waals surface area contributed by atoms with Crippen molar-refractivity contribution in [2.24, 2.45) is 39.5 Å². The minimum absolute atomic E-state index is 0.0934. The second kappa shape index (κ2) is 12.8. The first kappa shape index (κ1) is 37.9. The van der Waals surface area contributed by atoms with Crippen LogP contribution in [0.5, 0.6) is 0 Å². The Labute approximate surface area is 320 Å². The lowest BCUT2D eigenvalue weighted by molar-refractivity contribution is -0.298. The summed E-state index contributed by atoms with van der Waals surface area (Å²) >= 11 is 0. The number of carbonyl (C=O) groups excluding carboxylic acids is 2. The largest absolute Gasteiger partial charge is 0.484 e. The average molecular weight is 734 g/mol. The summed E-state index contributed by atoms with van der Waals surface area (Å²) in [5.41, 5.74) is 3.99. The minimum atomic E-state index is -1.08. The van der Waals surface area contributed by atoms with Gasteiger partial charge in [0.2, 0.25) is 0 Å². The first-order valence-electron chi connectivity index (χ1n) is 19.2. The monoisotopic (exact) mass is 733 g/mol. The summed E-state index contributed by atoms with van der Waals surface area (Å²) in [4.78, 5) is 34.3. The van der Waals surface area contributed by atoms with Gasteiger partial charge in [-0.05, 0) is 91.4 Å². The van der Waals surface area contributed by atoms with E-state index in [1.54, 1.807) is 14.0 Å². The highest BCUT2D eigenvalue weighted by Crippen LogP contribution is 2.86. The Hall–Kier alpha value is -4.42. The molecule has 4 bridgehead atoms. The van der Waals surface area contributed by atoms with E-state index in [1.807, 2.05) is 18.0 Å². The number of hydrogen-bond acceptors (Lipinski definition) is 9. The number of carbonyl (C=O) groups is 2. The van der Waals surface area contributed by atoms with E-state index in [1.165, 1.54) is 12.7 Å². The molecule has 0 aromatic heterocycles. The SMILES string of the molecule is C=NC1=C(C#N)C2C3=C(C4C(=C(CC=C(C)C)C5=C(C=CC(C)(CCC=C(C)C)O5)C4OC)OC34C3C2CC(=O)C4(CC=C(C)C(=O)OC)C3(C)C)N1C. The van der Waals surface area contributed by atoms with Crippen molar-refractivity contribution in [3.05, 3.63) is 92.4 Å². The van der Waals surface area contributed by atoms with E-state index in [0.29, 0.717) is 36.2 Å². The van der Waals surface area contributed by atoms with Crippen LogP contribution in [0.4, 0.5) is 0 Å². The van der Waals surface area contributed by atoms with Gasteiger partial charge in [-0.25, -0.2) is 9.79 Å². The molecule has 9 heteroatoms. The number of nitriles is 1. The van der Waals surface area contributed by atoms with Crippen LogP contribution < -0.4 is 0 Å². The second-order valence-electron chi connectivity index (χ2n) is 17.5. The van der Waals surface area contributed by atoms with Gasteiger partial charge in [0, 0.05) is 60.4 Å². The van der Waals surface area contributed by atoms with Gasteiger partial charge in [-0.1, -0.05) is 49.3 Å². The van der Waals surface area contributed by atoms with Crippen molar-refractivity contribution < 1.29 is 28.5 Å². The maximum atomic E-state index is 15.1. The van der Waals surface area contributed by atoms with Crippen molar-refractivity contribution in [2.75, 3.05) is 21.3 Å². The van der Waals surface area contributed by atoms with Crippen molar-refractivity contribution in [1.82, 2.24) is 4.90 Å². The van der Waals surface area contributed by atoms with E-state index >= 15 is 4.79 Å². The van der Waals surface area contributed by atoms with Gasteiger partial charge in [0.1, 0.15) is 40.4 Å². The smallest absolute Gasteiger partial charge is 0.333 e. The van der Waals surface area contributed by atoms with E-state index < -0.39 is 40.0 Å². The van der Waals surface area contributed by atoms with Crippen molar-refractivity contribution in [2.45, 2.75) is 105 Å². The fraction of sp³-hybridized carbons (Fsp3) is 0.556. The number of methoxy groups -OCH3 is 2. The third kappa shape index (κ3) is 4.74. The van der Waals surface area contributed by atoms with E-state index in [2.05, 4.69) is 90.5 Å².